The maximum Gasteiger partial charge on any atom is 0.335 e. The van der Waals surface area contributed by atoms with Gasteiger partial charge in [-0.3, -0.25) is 0 Å². The van der Waals surface area contributed by atoms with E-state index in [1.54, 1.807) is 18.2 Å². The molecule has 1 N–H and O–H groups in total. The maximum absolute atomic E-state index is 10.8. The Morgan fingerprint density at radius 2 is 2.29 bits per heavy atom. The highest BCUT2D eigenvalue weighted by atomic mass is 79.9. The lowest BCUT2D eigenvalue weighted by atomic mass is 10.1. The number of carboxylic acids is 1. The zero-order chi connectivity index (χ0) is 13.0. The van der Waals surface area contributed by atoms with Crippen LogP contribution in [0.5, 0.6) is 0 Å². The van der Waals surface area contributed by atoms with Crippen molar-refractivity contribution in [3.05, 3.63) is 28.2 Å². The molecular formula is C12H13BrN2O2. The molecular weight excluding hydrogens is 284 g/mol. The Bertz CT molecular complexity index is 468. The van der Waals surface area contributed by atoms with Gasteiger partial charge in [-0.1, -0.05) is 0 Å². The molecule has 0 heterocycles. The summed E-state index contributed by atoms with van der Waals surface area (Å²) >= 11 is 3.34. The molecule has 0 bridgehead atoms. The van der Waals surface area contributed by atoms with Gasteiger partial charge in [0.25, 0.3) is 0 Å². The molecule has 0 saturated heterocycles. The number of anilines is 1. The Balaban J connectivity index is 2.93. The van der Waals surface area contributed by atoms with Gasteiger partial charge in [0.05, 0.1) is 23.2 Å². The summed E-state index contributed by atoms with van der Waals surface area (Å²) in [7, 11) is 1.87. The molecule has 1 aromatic rings. The first-order valence-corrected chi connectivity index (χ1v) is 5.88. The van der Waals surface area contributed by atoms with Crippen LogP contribution in [0, 0.1) is 17.2 Å². The van der Waals surface area contributed by atoms with Crippen LogP contribution in [0.15, 0.2) is 22.7 Å². The second kappa shape index (κ2) is 5.69. The van der Waals surface area contributed by atoms with Crippen LogP contribution in [0.4, 0.5) is 5.69 Å². The minimum atomic E-state index is -0.953. The van der Waals surface area contributed by atoms with Crippen LogP contribution in [-0.4, -0.2) is 24.7 Å². The summed E-state index contributed by atoms with van der Waals surface area (Å²) in [5, 5.41) is 17.6. The van der Waals surface area contributed by atoms with E-state index in [0.717, 1.165) is 5.69 Å². The smallest absolute Gasteiger partial charge is 0.335 e. The fourth-order valence-electron chi connectivity index (χ4n) is 1.50. The number of rotatable bonds is 4. The van der Waals surface area contributed by atoms with Crippen molar-refractivity contribution >= 4 is 27.6 Å². The van der Waals surface area contributed by atoms with Crippen LogP contribution in [0.3, 0.4) is 0 Å². The molecule has 5 heteroatoms. The van der Waals surface area contributed by atoms with Crippen LogP contribution < -0.4 is 4.90 Å². The van der Waals surface area contributed by atoms with Gasteiger partial charge in [0.15, 0.2) is 0 Å². The van der Waals surface area contributed by atoms with Crippen molar-refractivity contribution in [1.29, 1.82) is 5.26 Å². The highest BCUT2D eigenvalue weighted by Gasteiger charge is 2.11. The fraction of sp³-hybridized carbons (Fsp3) is 0.333. The summed E-state index contributed by atoms with van der Waals surface area (Å²) in [6.45, 7) is 2.44. The van der Waals surface area contributed by atoms with E-state index in [1.165, 1.54) is 0 Å². The van der Waals surface area contributed by atoms with Gasteiger partial charge >= 0.3 is 5.97 Å². The van der Waals surface area contributed by atoms with Gasteiger partial charge in [-0.2, -0.15) is 5.26 Å². The van der Waals surface area contributed by atoms with E-state index in [-0.39, 0.29) is 11.5 Å². The van der Waals surface area contributed by atoms with Gasteiger partial charge in [-0.25, -0.2) is 4.79 Å². The quantitative estimate of drug-likeness (QED) is 0.928. The monoisotopic (exact) mass is 296 g/mol. The van der Waals surface area contributed by atoms with E-state index in [2.05, 4.69) is 22.0 Å². The average Bonchev–Trinajstić information content (AvgIpc) is 2.28. The van der Waals surface area contributed by atoms with Crippen molar-refractivity contribution in [3.63, 3.8) is 0 Å². The minimum absolute atomic E-state index is 0.0777. The number of benzene rings is 1. The third-order valence-electron chi connectivity index (χ3n) is 2.37. The Morgan fingerprint density at radius 1 is 1.65 bits per heavy atom. The van der Waals surface area contributed by atoms with Crippen LogP contribution in [-0.2, 0) is 0 Å². The van der Waals surface area contributed by atoms with Crippen molar-refractivity contribution in [3.8, 4) is 6.07 Å². The van der Waals surface area contributed by atoms with Crippen LogP contribution in [0.2, 0.25) is 0 Å². The molecule has 0 aliphatic heterocycles. The predicted octanol–water partition coefficient (Wildman–Crippen LogP) is 2.74. The van der Waals surface area contributed by atoms with E-state index in [0.29, 0.717) is 11.0 Å². The molecule has 17 heavy (non-hydrogen) atoms. The van der Waals surface area contributed by atoms with Crippen molar-refractivity contribution < 1.29 is 9.90 Å². The third kappa shape index (κ3) is 3.46. The summed E-state index contributed by atoms with van der Waals surface area (Å²) < 4.78 is 0.713. The molecule has 1 unspecified atom stereocenters. The van der Waals surface area contributed by atoms with Crippen LogP contribution >= 0.6 is 15.9 Å². The number of hydrogen-bond acceptors (Lipinski definition) is 3. The number of halogens is 1. The number of nitriles is 1. The van der Waals surface area contributed by atoms with Gasteiger partial charge in [-0.15, -0.1) is 0 Å². The molecule has 0 saturated carbocycles. The van der Waals surface area contributed by atoms with Crippen molar-refractivity contribution in [2.45, 2.75) is 6.92 Å². The third-order valence-corrected chi connectivity index (χ3v) is 3.01. The molecule has 0 amide bonds. The molecule has 0 fully saturated rings. The topological polar surface area (TPSA) is 64.3 Å². The minimum Gasteiger partial charge on any atom is -0.478 e. The summed E-state index contributed by atoms with van der Waals surface area (Å²) in [6, 6.07) is 7.01. The molecule has 0 radical (unpaired) electrons. The van der Waals surface area contributed by atoms with E-state index in [1.807, 2.05) is 18.9 Å². The first kappa shape index (κ1) is 13.5. The highest BCUT2D eigenvalue weighted by molar-refractivity contribution is 9.10. The SMILES string of the molecule is CC(C#N)CN(C)c1ccc(C(=O)O)cc1Br. The molecule has 1 aromatic carbocycles. The first-order chi connectivity index (χ1) is 7.95. The van der Waals surface area contributed by atoms with E-state index in [4.69, 9.17) is 10.4 Å². The Morgan fingerprint density at radius 3 is 2.76 bits per heavy atom. The standard InChI is InChI=1S/C12H13BrN2O2/c1-8(6-14)7-15(2)11-4-3-9(12(16)17)5-10(11)13/h3-5,8H,7H2,1-2H3,(H,16,17). The lowest BCUT2D eigenvalue weighted by molar-refractivity contribution is 0.0697. The van der Waals surface area contributed by atoms with Crippen molar-refractivity contribution in [1.82, 2.24) is 0 Å². The van der Waals surface area contributed by atoms with Gasteiger partial charge in [-0.05, 0) is 41.1 Å². The molecule has 0 aliphatic rings. The molecule has 90 valence electrons. The number of aromatic carboxylic acids is 1. The largest absolute Gasteiger partial charge is 0.478 e. The normalized spacial score (nSPS) is 11.6. The molecule has 4 nitrogen and oxygen atoms in total. The van der Waals surface area contributed by atoms with E-state index < -0.39 is 5.97 Å². The molecule has 0 aromatic heterocycles. The number of carboxylic acid groups (broad SMARTS) is 1. The van der Waals surface area contributed by atoms with Gasteiger partial charge < -0.3 is 10.0 Å². The average molecular weight is 297 g/mol. The van der Waals surface area contributed by atoms with E-state index >= 15 is 0 Å². The van der Waals surface area contributed by atoms with Crippen LogP contribution in [0.25, 0.3) is 0 Å². The zero-order valence-corrected chi connectivity index (χ0v) is 11.2. The lowest BCUT2D eigenvalue weighted by Gasteiger charge is -2.21. The predicted molar refractivity (Wildman–Crippen MR) is 69.1 cm³/mol. The lowest BCUT2D eigenvalue weighted by Crippen LogP contribution is -2.23. The highest BCUT2D eigenvalue weighted by Crippen LogP contribution is 2.27. The molecule has 1 rings (SSSR count). The second-order valence-electron chi connectivity index (χ2n) is 3.88. The van der Waals surface area contributed by atoms with Crippen molar-refractivity contribution in [2.75, 3.05) is 18.5 Å². The number of hydrogen-bond donors (Lipinski definition) is 1. The van der Waals surface area contributed by atoms with Gasteiger partial charge in [0.1, 0.15) is 0 Å². The Kier molecular flexibility index (Phi) is 4.53. The summed E-state index contributed by atoms with van der Waals surface area (Å²) in [5.74, 6) is -1.03. The summed E-state index contributed by atoms with van der Waals surface area (Å²) in [4.78, 5) is 12.7. The Hall–Kier alpha value is -1.54. The maximum atomic E-state index is 10.8. The van der Waals surface area contributed by atoms with Crippen molar-refractivity contribution in [2.24, 2.45) is 5.92 Å². The van der Waals surface area contributed by atoms with E-state index in [9.17, 15) is 4.79 Å². The number of carbonyl (C=O) groups is 1. The zero-order valence-electron chi connectivity index (χ0n) is 9.64. The van der Waals surface area contributed by atoms with Gasteiger partial charge in [0.2, 0.25) is 0 Å². The molecule has 0 aliphatic carbocycles. The fourth-order valence-corrected chi connectivity index (χ4v) is 2.18. The molecule has 0 spiro atoms. The van der Waals surface area contributed by atoms with Crippen LogP contribution in [0.1, 0.15) is 17.3 Å². The molecule has 1 atom stereocenters. The summed E-state index contributed by atoms with van der Waals surface area (Å²) in [6.07, 6.45) is 0. The van der Waals surface area contributed by atoms with Gasteiger partial charge in [0, 0.05) is 18.1 Å². The second-order valence-corrected chi connectivity index (χ2v) is 4.74. The Labute approximate surface area is 109 Å². The summed E-state index contributed by atoms with van der Waals surface area (Å²) in [5.41, 5.74) is 1.11. The first-order valence-electron chi connectivity index (χ1n) is 5.09. The number of nitrogens with zero attached hydrogens (tertiary/aromatic N) is 2.